The van der Waals surface area contributed by atoms with E-state index in [4.69, 9.17) is 0 Å². The number of amides is 1. The lowest BCUT2D eigenvalue weighted by Crippen LogP contribution is -2.13. The predicted molar refractivity (Wildman–Crippen MR) is 131 cm³/mol. The molecular formula is C26H20N6O. The van der Waals surface area contributed by atoms with Crippen molar-refractivity contribution in [1.82, 2.24) is 15.0 Å². The largest absolute Gasteiger partial charge is 0.355 e. The minimum atomic E-state index is -0.244. The first-order valence-corrected chi connectivity index (χ1v) is 10.4. The topological polar surface area (TPSA) is 91.8 Å². The van der Waals surface area contributed by atoms with E-state index in [2.05, 4.69) is 30.9 Å². The van der Waals surface area contributed by atoms with Crippen molar-refractivity contribution in [1.29, 1.82) is 0 Å². The van der Waals surface area contributed by atoms with Gasteiger partial charge in [0.2, 0.25) is 0 Å². The number of nitrogens with one attached hydrogen (secondary N) is 3. The van der Waals surface area contributed by atoms with E-state index in [-0.39, 0.29) is 5.91 Å². The van der Waals surface area contributed by atoms with Gasteiger partial charge in [0.25, 0.3) is 5.91 Å². The van der Waals surface area contributed by atoms with E-state index in [9.17, 15) is 4.79 Å². The quantitative estimate of drug-likeness (QED) is 0.316. The molecule has 0 aliphatic heterocycles. The zero-order valence-corrected chi connectivity index (χ0v) is 17.6. The van der Waals surface area contributed by atoms with Crippen molar-refractivity contribution in [2.75, 3.05) is 16.0 Å². The molecule has 160 valence electrons. The average molecular weight is 432 g/mol. The number of rotatable bonds is 6. The molecule has 2 aromatic carbocycles. The maximum Gasteiger partial charge on any atom is 0.256 e. The van der Waals surface area contributed by atoms with E-state index in [0.717, 1.165) is 33.7 Å². The fraction of sp³-hybridized carbons (Fsp3) is 0. The molecule has 0 unspecified atom stereocenters. The molecule has 0 aliphatic rings. The van der Waals surface area contributed by atoms with Crippen LogP contribution in [0.3, 0.4) is 0 Å². The average Bonchev–Trinajstić information content (AvgIpc) is 2.85. The van der Waals surface area contributed by atoms with E-state index in [1.54, 1.807) is 36.9 Å². The second-order valence-electron chi connectivity index (χ2n) is 7.33. The highest BCUT2D eigenvalue weighted by Crippen LogP contribution is 2.26. The summed E-state index contributed by atoms with van der Waals surface area (Å²) in [5, 5.41) is 10.5. The van der Waals surface area contributed by atoms with Crippen LogP contribution in [0.15, 0.2) is 104 Å². The monoisotopic (exact) mass is 432 g/mol. The Morgan fingerprint density at radius 3 is 2.39 bits per heavy atom. The molecule has 1 amide bonds. The van der Waals surface area contributed by atoms with Gasteiger partial charge in [0, 0.05) is 64.6 Å². The van der Waals surface area contributed by atoms with Crippen molar-refractivity contribution in [2.24, 2.45) is 0 Å². The molecule has 0 radical (unpaired) electrons. The number of fused-ring (bicyclic) bond motifs is 1. The number of nitrogens with zero attached hydrogens (tertiary/aromatic N) is 3. The first-order chi connectivity index (χ1) is 16.2. The van der Waals surface area contributed by atoms with Crippen LogP contribution >= 0.6 is 0 Å². The molecular weight excluding hydrogens is 412 g/mol. The van der Waals surface area contributed by atoms with Crippen molar-refractivity contribution in [3.05, 3.63) is 109 Å². The Balaban J connectivity index is 1.32. The van der Waals surface area contributed by atoms with Crippen LogP contribution in [0.1, 0.15) is 10.4 Å². The number of benzene rings is 2. The molecule has 0 saturated heterocycles. The third-order valence-corrected chi connectivity index (χ3v) is 5.02. The Hall–Kier alpha value is -4.78. The first-order valence-electron chi connectivity index (χ1n) is 10.4. The second kappa shape index (κ2) is 9.15. The van der Waals surface area contributed by atoms with Crippen molar-refractivity contribution in [3.8, 4) is 0 Å². The second-order valence-corrected chi connectivity index (χ2v) is 7.33. The lowest BCUT2D eigenvalue weighted by molar-refractivity contribution is 0.102. The summed E-state index contributed by atoms with van der Waals surface area (Å²) in [5.41, 5.74) is 4.87. The molecule has 3 N–H and O–H groups in total. The summed E-state index contributed by atoms with van der Waals surface area (Å²) >= 11 is 0. The fourth-order valence-electron chi connectivity index (χ4n) is 3.47. The molecule has 3 aromatic heterocycles. The van der Waals surface area contributed by atoms with Crippen LogP contribution in [-0.2, 0) is 0 Å². The summed E-state index contributed by atoms with van der Waals surface area (Å²) in [6, 6.07) is 24.5. The van der Waals surface area contributed by atoms with E-state index in [1.807, 2.05) is 66.7 Å². The van der Waals surface area contributed by atoms with Crippen LogP contribution in [0, 0.1) is 0 Å². The van der Waals surface area contributed by atoms with Crippen LogP contribution in [0.25, 0.3) is 10.9 Å². The van der Waals surface area contributed by atoms with E-state index < -0.39 is 0 Å². The van der Waals surface area contributed by atoms with E-state index >= 15 is 0 Å². The first kappa shape index (κ1) is 20.1. The molecule has 0 spiro atoms. The van der Waals surface area contributed by atoms with Gasteiger partial charge in [-0.1, -0.05) is 12.1 Å². The summed E-state index contributed by atoms with van der Waals surface area (Å²) in [4.78, 5) is 25.5. The lowest BCUT2D eigenvalue weighted by Gasteiger charge is -2.11. The Bertz CT molecular complexity index is 1420. The SMILES string of the molecule is O=C(Nc1cc(Nc2ccncc2)ccn1)c1cccc(Nc2cccc3ncccc23)c1. The maximum absolute atomic E-state index is 12.9. The summed E-state index contributed by atoms with van der Waals surface area (Å²) < 4.78 is 0. The third kappa shape index (κ3) is 4.77. The minimum absolute atomic E-state index is 0.244. The van der Waals surface area contributed by atoms with Gasteiger partial charge in [-0.25, -0.2) is 4.98 Å². The Kier molecular flexibility index (Phi) is 5.59. The number of aromatic nitrogens is 3. The molecule has 33 heavy (non-hydrogen) atoms. The van der Waals surface area contributed by atoms with Crippen molar-refractivity contribution < 1.29 is 4.79 Å². The fourth-order valence-corrected chi connectivity index (χ4v) is 3.47. The summed E-state index contributed by atoms with van der Waals surface area (Å²) in [6.07, 6.45) is 6.84. The Labute approximate surface area is 190 Å². The number of pyridine rings is 3. The number of hydrogen-bond acceptors (Lipinski definition) is 6. The van der Waals surface area contributed by atoms with Crippen LogP contribution in [0.5, 0.6) is 0 Å². The highest BCUT2D eigenvalue weighted by molar-refractivity contribution is 6.04. The molecule has 3 heterocycles. The van der Waals surface area contributed by atoms with Gasteiger partial charge >= 0.3 is 0 Å². The Morgan fingerprint density at radius 1 is 0.667 bits per heavy atom. The zero-order valence-electron chi connectivity index (χ0n) is 17.6. The van der Waals surface area contributed by atoms with Crippen LogP contribution < -0.4 is 16.0 Å². The highest BCUT2D eigenvalue weighted by atomic mass is 16.1. The normalized spacial score (nSPS) is 10.5. The lowest BCUT2D eigenvalue weighted by atomic mass is 10.1. The number of anilines is 5. The molecule has 0 bridgehead atoms. The third-order valence-electron chi connectivity index (χ3n) is 5.02. The van der Waals surface area contributed by atoms with Gasteiger partial charge in [-0.3, -0.25) is 14.8 Å². The van der Waals surface area contributed by atoms with Gasteiger partial charge in [0.05, 0.1) is 5.52 Å². The molecule has 0 saturated carbocycles. The van der Waals surface area contributed by atoms with Gasteiger partial charge in [0.15, 0.2) is 0 Å². The van der Waals surface area contributed by atoms with Crippen LogP contribution in [0.2, 0.25) is 0 Å². The van der Waals surface area contributed by atoms with E-state index in [0.29, 0.717) is 11.4 Å². The minimum Gasteiger partial charge on any atom is -0.355 e. The molecule has 5 rings (SSSR count). The number of carbonyl (C=O) groups is 1. The molecule has 0 aliphatic carbocycles. The smallest absolute Gasteiger partial charge is 0.256 e. The van der Waals surface area contributed by atoms with Crippen molar-refractivity contribution >= 4 is 45.4 Å². The van der Waals surface area contributed by atoms with Gasteiger partial charge in [-0.2, -0.15) is 0 Å². The zero-order chi connectivity index (χ0) is 22.5. The van der Waals surface area contributed by atoms with Crippen LogP contribution in [0.4, 0.5) is 28.6 Å². The molecule has 7 heteroatoms. The van der Waals surface area contributed by atoms with Crippen molar-refractivity contribution in [2.45, 2.75) is 0 Å². The molecule has 0 fully saturated rings. The van der Waals surface area contributed by atoms with Gasteiger partial charge in [-0.05, 0) is 60.7 Å². The standard InChI is InChI=1S/C26H20N6O/c33-26(32-25-17-21(11-15-29-25)30-19-9-13-27-14-10-19)18-4-1-5-20(16-18)31-24-8-2-7-23-22(24)6-3-12-28-23/h1-17,31H,(H2,27,29,30,32,33). The van der Waals surface area contributed by atoms with Gasteiger partial charge in [-0.15, -0.1) is 0 Å². The molecule has 5 aromatic rings. The summed E-state index contributed by atoms with van der Waals surface area (Å²) in [7, 11) is 0. The molecule has 7 nitrogen and oxygen atoms in total. The predicted octanol–water partition coefficient (Wildman–Crippen LogP) is 5.76. The van der Waals surface area contributed by atoms with E-state index in [1.165, 1.54) is 0 Å². The van der Waals surface area contributed by atoms with Gasteiger partial charge in [0.1, 0.15) is 5.82 Å². The highest BCUT2D eigenvalue weighted by Gasteiger charge is 2.09. The van der Waals surface area contributed by atoms with Crippen LogP contribution in [-0.4, -0.2) is 20.9 Å². The summed E-state index contributed by atoms with van der Waals surface area (Å²) in [5.74, 6) is 0.212. The molecule has 0 atom stereocenters. The van der Waals surface area contributed by atoms with Gasteiger partial charge < -0.3 is 16.0 Å². The maximum atomic E-state index is 12.9. The summed E-state index contributed by atoms with van der Waals surface area (Å²) in [6.45, 7) is 0. The number of hydrogen-bond donors (Lipinski definition) is 3. The van der Waals surface area contributed by atoms with Crippen molar-refractivity contribution in [3.63, 3.8) is 0 Å². The Morgan fingerprint density at radius 2 is 1.48 bits per heavy atom. The number of carbonyl (C=O) groups excluding carboxylic acids is 1.